The first-order valence-electron chi connectivity index (χ1n) is 4.23. The molecule has 0 unspecified atom stereocenters. The SMILES string of the molecule is CC.COCc1cc(C)ccn1. The topological polar surface area (TPSA) is 22.1 Å². The van der Waals surface area contributed by atoms with E-state index in [-0.39, 0.29) is 0 Å². The lowest BCUT2D eigenvalue weighted by Gasteiger charge is -1.97. The molecule has 12 heavy (non-hydrogen) atoms. The number of hydrogen-bond donors (Lipinski definition) is 0. The molecule has 0 amide bonds. The number of aromatic nitrogens is 1. The van der Waals surface area contributed by atoms with E-state index in [1.165, 1.54) is 5.56 Å². The van der Waals surface area contributed by atoms with Gasteiger partial charge in [-0.2, -0.15) is 0 Å². The van der Waals surface area contributed by atoms with Gasteiger partial charge in [-0.15, -0.1) is 0 Å². The third-order valence-corrected chi connectivity index (χ3v) is 1.26. The summed E-state index contributed by atoms with van der Waals surface area (Å²) in [4.78, 5) is 4.10. The Balaban J connectivity index is 0.000000561. The maximum atomic E-state index is 4.92. The van der Waals surface area contributed by atoms with E-state index < -0.39 is 0 Å². The molecule has 0 aliphatic heterocycles. The van der Waals surface area contributed by atoms with Crippen LogP contribution in [-0.4, -0.2) is 12.1 Å². The second kappa shape index (κ2) is 6.80. The van der Waals surface area contributed by atoms with Crippen LogP contribution >= 0.6 is 0 Å². The van der Waals surface area contributed by atoms with Crippen molar-refractivity contribution < 1.29 is 4.74 Å². The van der Waals surface area contributed by atoms with Gasteiger partial charge >= 0.3 is 0 Å². The van der Waals surface area contributed by atoms with Crippen molar-refractivity contribution in [3.8, 4) is 0 Å². The zero-order chi connectivity index (χ0) is 9.40. The normalized spacial score (nSPS) is 8.67. The lowest BCUT2D eigenvalue weighted by atomic mass is 10.2. The van der Waals surface area contributed by atoms with Crippen molar-refractivity contribution in [1.82, 2.24) is 4.98 Å². The second-order valence-electron chi connectivity index (χ2n) is 2.26. The molecule has 0 saturated carbocycles. The molecule has 0 aliphatic rings. The van der Waals surface area contributed by atoms with Crippen molar-refractivity contribution in [1.29, 1.82) is 0 Å². The number of nitrogens with zero attached hydrogens (tertiary/aromatic N) is 1. The maximum absolute atomic E-state index is 4.92. The number of methoxy groups -OCH3 is 1. The molecule has 0 saturated heterocycles. The summed E-state index contributed by atoms with van der Waals surface area (Å²) in [6.45, 7) is 6.64. The van der Waals surface area contributed by atoms with Crippen LogP contribution in [0.5, 0.6) is 0 Å². The number of pyridine rings is 1. The summed E-state index contributed by atoms with van der Waals surface area (Å²) in [7, 11) is 1.67. The first-order valence-corrected chi connectivity index (χ1v) is 4.23. The molecule has 2 nitrogen and oxygen atoms in total. The highest BCUT2D eigenvalue weighted by molar-refractivity contribution is 5.13. The monoisotopic (exact) mass is 167 g/mol. The van der Waals surface area contributed by atoms with Gasteiger partial charge < -0.3 is 4.74 Å². The Morgan fingerprint density at radius 1 is 1.42 bits per heavy atom. The van der Waals surface area contributed by atoms with E-state index >= 15 is 0 Å². The zero-order valence-electron chi connectivity index (χ0n) is 8.29. The molecule has 0 aliphatic carbocycles. The van der Waals surface area contributed by atoms with Gasteiger partial charge in [-0.25, -0.2) is 0 Å². The maximum Gasteiger partial charge on any atom is 0.0884 e. The second-order valence-corrected chi connectivity index (χ2v) is 2.26. The molecule has 1 aromatic heterocycles. The number of rotatable bonds is 2. The van der Waals surface area contributed by atoms with Gasteiger partial charge in [0.15, 0.2) is 0 Å². The summed E-state index contributed by atoms with van der Waals surface area (Å²) in [5, 5.41) is 0. The first kappa shape index (κ1) is 11.1. The third-order valence-electron chi connectivity index (χ3n) is 1.26. The molecule has 68 valence electrons. The smallest absolute Gasteiger partial charge is 0.0884 e. The molecule has 0 spiro atoms. The van der Waals surface area contributed by atoms with E-state index in [1.54, 1.807) is 13.3 Å². The predicted octanol–water partition coefficient (Wildman–Crippen LogP) is 2.56. The van der Waals surface area contributed by atoms with Crippen molar-refractivity contribution in [2.45, 2.75) is 27.4 Å². The largest absolute Gasteiger partial charge is 0.378 e. The summed E-state index contributed by atoms with van der Waals surface area (Å²) < 4.78 is 4.92. The fourth-order valence-corrected chi connectivity index (χ4v) is 0.826. The van der Waals surface area contributed by atoms with Crippen LogP contribution in [0.25, 0.3) is 0 Å². The summed E-state index contributed by atoms with van der Waals surface area (Å²) >= 11 is 0. The molecule has 1 heterocycles. The molecular weight excluding hydrogens is 150 g/mol. The van der Waals surface area contributed by atoms with Gasteiger partial charge in [-0.3, -0.25) is 4.98 Å². The van der Waals surface area contributed by atoms with Crippen LogP contribution < -0.4 is 0 Å². The molecule has 2 heteroatoms. The average molecular weight is 167 g/mol. The molecule has 0 aromatic carbocycles. The number of aryl methyl sites for hydroxylation is 1. The summed E-state index contributed by atoms with van der Waals surface area (Å²) in [6.07, 6.45) is 1.80. The lowest BCUT2D eigenvalue weighted by Crippen LogP contribution is -1.91. The fourth-order valence-electron chi connectivity index (χ4n) is 0.826. The highest BCUT2D eigenvalue weighted by atomic mass is 16.5. The minimum atomic E-state index is 0.599. The highest BCUT2D eigenvalue weighted by Crippen LogP contribution is 1.99. The minimum absolute atomic E-state index is 0.599. The standard InChI is InChI=1S/C8H11NO.C2H6/c1-7-3-4-9-8(5-7)6-10-2;1-2/h3-5H,6H2,1-2H3;1-2H3. The molecule has 0 N–H and O–H groups in total. The van der Waals surface area contributed by atoms with Gasteiger partial charge in [0.05, 0.1) is 12.3 Å². The van der Waals surface area contributed by atoms with Crippen LogP contribution in [0.15, 0.2) is 18.3 Å². The van der Waals surface area contributed by atoms with Crippen molar-refractivity contribution >= 4 is 0 Å². The van der Waals surface area contributed by atoms with Gasteiger partial charge in [-0.05, 0) is 24.6 Å². The number of hydrogen-bond acceptors (Lipinski definition) is 2. The Labute approximate surface area is 74.6 Å². The average Bonchev–Trinajstić information content (AvgIpc) is 2.09. The molecule has 0 bridgehead atoms. The highest BCUT2D eigenvalue weighted by Gasteiger charge is 1.90. The Morgan fingerprint density at radius 3 is 2.58 bits per heavy atom. The Bertz CT molecular complexity index is 211. The molecular formula is C10H17NO. The molecule has 0 radical (unpaired) electrons. The lowest BCUT2D eigenvalue weighted by molar-refractivity contribution is 0.181. The van der Waals surface area contributed by atoms with Crippen LogP contribution in [0.4, 0.5) is 0 Å². The molecule has 0 fully saturated rings. The third kappa shape index (κ3) is 4.09. The van der Waals surface area contributed by atoms with Crippen molar-refractivity contribution in [3.63, 3.8) is 0 Å². The van der Waals surface area contributed by atoms with Gasteiger partial charge in [0, 0.05) is 13.3 Å². The first-order chi connectivity index (χ1) is 5.83. The van der Waals surface area contributed by atoms with E-state index in [0.29, 0.717) is 6.61 Å². The van der Waals surface area contributed by atoms with Gasteiger partial charge in [0.25, 0.3) is 0 Å². The van der Waals surface area contributed by atoms with Crippen molar-refractivity contribution in [2.75, 3.05) is 7.11 Å². The van der Waals surface area contributed by atoms with Crippen LogP contribution in [0.1, 0.15) is 25.1 Å². The van der Waals surface area contributed by atoms with Crippen LogP contribution in [-0.2, 0) is 11.3 Å². The van der Waals surface area contributed by atoms with Gasteiger partial charge in [0.1, 0.15) is 0 Å². The fraction of sp³-hybridized carbons (Fsp3) is 0.500. The van der Waals surface area contributed by atoms with E-state index in [1.807, 2.05) is 32.9 Å². The molecule has 0 atom stereocenters. The van der Waals surface area contributed by atoms with Crippen LogP contribution in [0.2, 0.25) is 0 Å². The minimum Gasteiger partial charge on any atom is -0.378 e. The van der Waals surface area contributed by atoms with E-state index in [2.05, 4.69) is 4.98 Å². The van der Waals surface area contributed by atoms with Crippen LogP contribution in [0.3, 0.4) is 0 Å². The van der Waals surface area contributed by atoms with Crippen molar-refractivity contribution in [3.05, 3.63) is 29.6 Å². The Morgan fingerprint density at radius 2 is 2.08 bits per heavy atom. The quantitative estimate of drug-likeness (QED) is 0.675. The number of ether oxygens (including phenoxy) is 1. The molecule has 1 aromatic rings. The van der Waals surface area contributed by atoms with E-state index in [4.69, 9.17) is 4.74 Å². The van der Waals surface area contributed by atoms with E-state index in [0.717, 1.165) is 5.69 Å². The summed E-state index contributed by atoms with van der Waals surface area (Å²) in [5.74, 6) is 0. The van der Waals surface area contributed by atoms with Crippen LogP contribution in [0, 0.1) is 6.92 Å². The Kier molecular flexibility index (Phi) is 6.29. The van der Waals surface area contributed by atoms with E-state index in [9.17, 15) is 0 Å². The summed E-state index contributed by atoms with van der Waals surface area (Å²) in [6, 6.07) is 3.99. The van der Waals surface area contributed by atoms with Gasteiger partial charge in [-0.1, -0.05) is 13.8 Å². The summed E-state index contributed by atoms with van der Waals surface area (Å²) in [5.41, 5.74) is 2.21. The predicted molar refractivity (Wildman–Crippen MR) is 51.0 cm³/mol. The zero-order valence-corrected chi connectivity index (χ0v) is 8.29. The van der Waals surface area contributed by atoms with Crippen molar-refractivity contribution in [2.24, 2.45) is 0 Å². The molecule has 1 rings (SSSR count). The Hall–Kier alpha value is -0.890. The van der Waals surface area contributed by atoms with Gasteiger partial charge in [0.2, 0.25) is 0 Å².